The van der Waals surface area contributed by atoms with E-state index in [1.165, 1.54) is 5.56 Å². The van der Waals surface area contributed by atoms with Crippen molar-refractivity contribution in [2.75, 3.05) is 26.2 Å². The van der Waals surface area contributed by atoms with Crippen LogP contribution in [-0.2, 0) is 4.79 Å². The number of likely N-dealkylation sites (tertiary alicyclic amines) is 1. The number of carbonyl (C=O) groups is 1. The van der Waals surface area contributed by atoms with Gasteiger partial charge in [0, 0.05) is 12.6 Å². The van der Waals surface area contributed by atoms with Crippen molar-refractivity contribution in [1.82, 2.24) is 10.2 Å². The molecule has 1 aromatic carbocycles. The monoisotopic (exact) mass is 346 g/mol. The SMILES string of the molecule is Cc1ccccc1OCCCN1CCC([C@H](O)C(=O)NC2CC2)CC1. The van der Waals surface area contributed by atoms with E-state index in [9.17, 15) is 9.90 Å². The summed E-state index contributed by atoms with van der Waals surface area (Å²) in [5.41, 5.74) is 1.17. The molecule has 25 heavy (non-hydrogen) atoms. The van der Waals surface area contributed by atoms with Gasteiger partial charge in [0.2, 0.25) is 5.91 Å². The fourth-order valence-corrected chi connectivity index (χ4v) is 3.41. The van der Waals surface area contributed by atoms with E-state index in [4.69, 9.17) is 4.74 Å². The highest BCUT2D eigenvalue weighted by Crippen LogP contribution is 2.23. The molecule has 0 aromatic heterocycles. The van der Waals surface area contributed by atoms with E-state index < -0.39 is 6.10 Å². The van der Waals surface area contributed by atoms with Crippen LogP contribution < -0.4 is 10.1 Å². The molecule has 1 heterocycles. The van der Waals surface area contributed by atoms with Gasteiger partial charge in [0.1, 0.15) is 11.9 Å². The Morgan fingerprint density at radius 2 is 2.00 bits per heavy atom. The highest BCUT2D eigenvalue weighted by atomic mass is 16.5. The molecule has 0 bridgehead atoms. The maximum atomic E-state index is 12.0. The molecule has 2 N–H and O–H groups in total. The first-order valence-electron chi connectivity index (χ1n) is 9.52. The van der Waals surface area contributed by atoms with Crippen LogP contribution in [0.25, 0.3) is 0 Å². The van der Waals surface area contributed by atoms with Gasteiger partial charge in [-0.25, -0.2) is 0 Å². The van der Waals surface area contributed by atoms with Crippen LogP contribution in [-0.4, -0.2) is 54.3 Å². The summed E-state index contributed by atoms with van der Waals surface area (Å²) in [5.74, 6) is 0.886. The highest BCUT2D eigenvalue weighted by molar-refractivity contribution is 5.81. The molecule has 1 saturated heterocycles. The van der Waals surface area contributed by atoms with Crippen LogP contribution in [0.3, 0.4) is 0 Å². The van der Waals surface area contributed by atoms with Crippen molar-refractivity contribution in [2.45, 2.75) is 51.2 Å². The lowest BCUT2D eigenvalue weighted by atomic mass is 9.90. The number of aliphatic hydroxyl groups is 1. The lowest BCUT2D eigenvalue weighted by molar-refractivity contribution is -0.133. The topological polar surface area (TPSA) is 61.8 Å². The lowest BCUT2D eigenvalue weighted by Crippen LogP contribution is -2.45. The number of carbonyl (C=O) groups excluding carboxylic acids is 1. The number of benzene rings is 1. The average Bonchev–Trinajstić information content (AvgIpc) is 3.44. The second-order valence-corrected chi connectivity index (χ2v) is 7.37. The van der Waals surface area contributed by atoms with Crippen LogP contribution in [0.2, 0.25) is 0 Å². The molecule has 2 fully saturated rings. The first kappa shape index (κ1) is 18.2. The van der Waals surface area contributed by atoms with Crippen molar-refractivity contribution in [3.05, 3.63) is 29.8 Å². The van der Waals surface area contributed by atoms with E-state index in [2.05, 4.69) is 23.2 Å². The van der Waals surface area contributed by atoms with E-state index in [1.54, 1.807) is 0 Å². The third kappa shape index (κ3) is 5.44. The maximum Gasteiger partial charge on any atom is 0.249 e. The van der Waals surface area contributed by atoms with Crippen LogP contribution in [0, 0.1) is 12.8 Å². The summed E-state index contributed by atoms with van der Waals surface area (Å²) in [7, 11) is 0. The molecule has 1 aliphatic heterocycles. The lowest BCUT2D eigenvalue weighted by Gasteiger charge is -2.33. The number of nitrogens with zero attached hydrogens (tertiary/aromatic N) is 1. The third-order valence-electron chi connectivity index (χ3n) is 5.24. The number of ether oxygens (including phenoxy) is 1. The molecule has 1 amide bonds. The summed E-state index contributed by atoms with van der Waals surface area (Å²) in [6, 6.07) is 8.40. The second-order valence-electron chi connectivity index (χ2n) is 7.37. The quantitative estimate of drug-likeness (QED) is 0.708. The molecular weight excluding hydrogens is 316 g/mol. The number of aryl methyl sites for hydroxylation is 1. The number of para-hydroxylation sites is 1. The molecule has 0 unspecified atom stereocenters. The van der Waals surface area contributed by atoms with Crippen molar-refractivity contribution >= 4 is 5.91 Å². The zero-order valence-corrected chi connectivity index (χ0v) is 15.1. The summed E-state index contributed by atoms with van der Waals surface area (Å²) in [4.78, 5) is 14.4. The zero-order valence-electron chi connectivity index (χ0n) is 15.1. The van der Waals surface area contributed by atoms with Gasteiger partial charge in [-0.05, 0) is 69.7 Å². The Hall–Kier alpha value is -1.59. The molecule has 3 rings (SSSR count). The minimum Gasteiger partial charge on any atom is -0.493 e. The Bertz CT molecular complexity index is 566. The smallest absolute Gasteiger partial charge is 0.249 e. The van der Waals surface area contributed by atoms with E-state index in [1.807, 2.05) is 18.2 Å². The number of amides is 1. The molecule has 1 aromatic rings. The number of piperidine rings is 1. The molecule has 1 atom stereocenters. The summed E-state index contributed by atoms with van der Waals surface area (Å²) < 4.78 is 5.84. The van der Waals surface area contributed by atoms with E-state index in [0.29, 0.717) is 6.04 Å². The number of hydrogen-bond acceptors (Lipinski definition) is 4. The predicted octanol–water partition coefficient (Wildman–Crippen LogP) is 2.12. The molecule has 1 aliphatic carbocycles. The van der Waals surface area contributed by atoms with Crippen LogP contribution in [0.1, 0.15) is 37.7 Å². The number of nitrogens with one attached hydrogen (secondary N) is 1. The first-order valence-corrected chi connectivity index (χ1v) is 9.52. The standard InChI is InChI=1S/C20H30N2O3/c1-15-5-2-3-6-18(15)25-14-4-11-22-12-9-16(10-13-22)19(23)20(24)21-17-7-8-17/h2-3,5-6,16-17,19,23H,4,7-14H2,1H3,(H,21,24)/t19-/m0/s1. The Morgan fingerprint density at radius 1 is 1.28 bits per heavy atom. The molecule has 138 valence electrons. The van der Waals surface area contributed by atoms with Crippen molar-refractivity contribution < 1.29 is 14.6 Å². The zero-order chi connectivity index (χ0) is 17.6. The van der Waals surface area contributed by atoms with Crippen molar-refractivity contribution in [3.8, 4) is 5.75 Å². The third-order valence-corrected chi connectivity index (χ3v) is 5.24. The van der Waals surface area contributed by atoms with Crippen molar-refractivity contribution in [2.24, 2.45) is 5.92 Å². The summed E-state index contributed by atoms with van der Waals surface area (Å²) >= 11 is 0. The van der Waals surface area contributed by atoms with E-state index in [-0.39, 0.29) is 11.8 Å². The Labute approximate surface area is 150 Å². The number of rotatable bonds is 8. The Balaban J connectivity index is 1.31. The normalized spacial score (nSPS) is 20.2. The van der Waals surface area contributed by atoms with Crippen LogP contribution in [0.15, 0.2) is 24.3 Å². The summed E-state index contributed by atoms with van der Waals surface area (Å²) in [5, 5.41) is 13.1. The van der Waals surface area contributed by atoms with Gasteiger partial charge in [-0.15, -0.1) is 0 Å². The van der Waals surface area contributed by atoms with Crippen molar-refractivity contribution in [1.29, 1.82) is 0 Å². The molecule has 5 nitrogen and oxygen atoms in total. The van der Waals surface area contributed by atoms with Gasteiger partial charge in [-0.3, -0.25) is 4.79 Å². The van der Waals surface area contributed by atoms with Crippen LogP contribution in [0.4, 0.5) is 0 Å². The van der Waals surface area contributed by atoms with Gasteiger partial charge in [0.15, 0.2) is 0 Å². The Kier molecular flexibility index (Phi) is 6.32. The highest BCUT2D eigenvalue weighted by Gasteiger charge is 2.32. The van der Waals surface area contributed by atoms with Gasteiger partial charge in [-0.1, -0.05) is 18.2 Å². The van der Waals surface area contributed by atoms with Crippen LogP contribution in [0.5, 0.6) is 5.75 Å². The average molecular weight is 346 g/mol. The molecule has 0 radical (unpaired) electrons. The first-order chi connectivity index (χ1) is 12.1. The molecule has 2 aliphatic rings. The summed E-state index contributed by atoms with van der Waals surface area (Å²) in [6.07, 6.45) is 4.04. The fourth-order valence-electron chi connectivity index (χ4n) is 3.41. The number of hydrogen-bond donors (Lipinski definition) is 2. The minimum absolute atomic E-state index is 0.0956. The largest absolute Gasteiger partial charge is 0.493 e. The number of aliphatic hydroxyl groups excluding tert-OH is 1. The Morgan fingerprint density at radius 3 is 2.68 bits per heavy atom. The molecule has 5 heteroatoms. The van der Waals surface area contributed by atoms with E-state index in [0.717, 1.165) is 64.1 Å². The van der Waals surface area contributed by atoms with Crippen molar-refractivity contribution in [3.63, 3.8) is 0 Å². The van der Waals surface area contributed by atoms with Gasteiger partial charge in [0.05, 0.1) is 6.61 Å². The van der Waals surface area contributed by atoms with E-state index >= 15 is 0 Å². The van der Waals surface area contributed by atoms with Gasteiger partial charge in [-0.2, -0.15) is 0 Å². The minimum atomic E-state index is -0.841. The van der Waals surface area contributed by atoms with Gasteiger partial charge in [0.25, 0.3) is 0 Å². The maximum absolute atomic E-state index is 12.0. The van der Waals surface area contributed by atoms with Crippen LogP contribution >= 0.6 is 0 Å². The fraction of sp³-hybridized carbons (Fsp3) is 0.650. The second kappa shape index (κ2) is 8.68. The summed E-state index contributed by atoms with van der Waals surface area (Å²) in [6.45, 7) is 5.68. The molecule has 0 spiro atoms. The van der Waals surface area contributed by atoms with Gasteiger partial charge >= 0.3 is 0 Å². The molecule has 1 saturated carbocycles. The predicted molar refractivity (Wildman–Crippen MR) is 97.6 cm³/mol. The molecular formula is C20H30N2O3. The van der Waals surface area contributed by atoms with Gasteiger partial charge < -0.3 is 20.1 Å².